The van der Waals surface area contributed by atoms with Crippen LogP contribution in [0.5, 0.6) is 5.75 Å². The third kappa shape index (κ3) is 3.83. The minimum absolute atomic E-state index is 0.0541. The van der Waals surface area contributed by atoms with Crippen molar-refractivity contribution in [2.75, 3.05) is 12.8 Å². The van der Waals surface area contributed by atoms with Gasteiger partial charge < -0.3 is 10.5 Å². The fraction of sp³-hybridized carbons (Fsp3) is 0.417. The molecule has 2 N–H and O–H groups in total. The van der Waals surface area contributed by atoms with Crippen LogP contribution in [0, 0.1) is 0 Å². The summed E-state index contributed by atoms with van der Waals surface area (Å²) in [5.41, 5.74) is 6.80. The van der Waals surface area contributed by atoms with Crippen molar-refractivity contribution < 1.29 is 17.9 Å². The number of anilines is 1. The maximum absolute atomic E-state index is 12.2. The molecule has 1 heterocycles. The van der Waals surface area contributed by atoms with Gasteiger partial charge in [-0.2, -0.15) is 13.2 Å². The predicted molar refractivity (Wildman–Crippen MR) is 69.5 cm³/mol. The first-order valence-electron chi connectivity index (χ1n) is 6.17. The topological polar surface area (TPSA) is 78.8 Å². The highest BCUT2D eigenvalue weighted by molar-refractivity contribution is 5.72. The van der Waals surface area contributed by atoms with Crippen molar-refractivity contribution in [2.45, 2.75) is 25.6 Å². The van der Waals surface area contributed by atoms with Crippen LogP contribution in [-0.4, -0.2) is 33.5 Å². The number of nitrogens with two attached hydrogens (primary N) is 1. The first-order chi connectivity index (χ1) is 9.90. The minimum atomic E-state index is -4.19. The van der Waals surface area contributed by atoms with Gasteiger partial charge in [-0.15, -0.1) is 5.10 Å². The number of rotatable bonds is 5. The number of hydrogen-bond donors (Lipinski definition) is 1. The van der Waals surface area contributed by atoms with Crippen molar-refractivity contribution in [2.24, 2.45) is 0 Å². The third-order valence-electron chi connectivity index (χ3n) is 2.86. The maximum atomic E-state index is 12.2. The number of nitrogen functional groups attached to an aromatic ring is 1. The molecule has 0 aliphatic carbocycles. The van der Waals surface area contributed by atoms with Gasteiger partial charge in [-0.3, -0.25) is 0 Å². The quantitative estimate of drug-likeness (QED) is 0.857. The Morgan fingerprint density at radius 2 is 2.10 bits per heavy atom. The molecule has 114 valence electrons. The number of methoxy groups -OCH3 is 1. The number of hydrogen-bond acceptors (Lipinski definition) is 5. The van der Waals surface area contributed by atoms with E-state index in [1.54, 1.807) is 18.2 Å². The van der Waals surface area contributed by atoms with Crippen LogP contribution in [0.4, 0.5) is 18.9 Å². The zero-order valence-corrected chi connectivity index (χ0v) is 11.3. The Bertz CT molecular complexity index is 611. The molecule has 2 rings (SSSR count). The van der Waals surface area contributed by atoms with Crippen LogP contribution in [0.3, 0.4) is 0 Å². The van der Waals surface area contributed by atoms with E-state index >= 15 is 0 Å². The van der Waals surface area contributed by atoms with E-state index in [1.807, 2.05) is 0 Å². The lowest BCUT2D eigenvalue weighted by atomic mass is 10.1. The van der Waals surface area contributed by atoms with Gasteiger partial charge in [0, 0.05) is 24.2 Å². The third-order valence-corrected chi connectivity index (χ3v) is 2.86. The summed E-state index contributed by atoms with van der Waals surface area (Å²) in [5.74, 6) is 0.873. The average molecular weight is 301 g/mol. The van der Waals surface area contributed by atoms with Gasteiger partial charge in [0.05, 0.1) is 7.11 Å². The molecule has 0 amide bonds. The second kappa shape index (κ2) is 5.98. The number of aromatic nitrogens is 4. The Hall–Kier alpha value is -2.32. The standard InChI is InChI=1S/C12H14F3N5O/c1-21-8-3-4-10(16)9(7-8)11-17-18-19-20(11)6-2-5-12(13,14)15/h3-4,7H,2,5-6,16H2,1H3. The van der Waals surface area contributed by atoms with Crippen molar-refractivity contribution in [1.82, 2.24) is 20.2 Å². The molecule has 0 aliphatic rings. The molecule has 1 aromatic heterocycles. The van der Waals surface area contributed by atoms with Gasteiger partial charge in [-0.05, 0) is 35.0 Å². The SMILES string of the molecule is COc1ccc(N)c(-c2nnnn2CCCC(F)(F)F)c1. The van der Waals surface area contributed by atoms with E-state index in [9.17, 15) is 13.2 Å². The Morgan fingerprint density at radius 1 is 1.33 bits per heavy atom. The summed E-state index contributed by atoms with van der Waals surface area (Å²) in [6.07, 6.45) is -5.19. The minimum Gasteiger partial charge on any atom is -0.497 e. The fourth-order valence-corrected chi connectivity index (χ4v) is 1.83. The highest BCUT2D eigenvalue weighted by Crippen LogP contribution is 2.28. The molecule has 0 bridgehead atoms. The van der Waals surface area contributed by atoms with E-state index in [2.05, 4.69) is 15.5 Å². The molecule has 2 aromatic rings. The summed E-state index contributed by atoms with van der Waals surface area (Å²) in [4.78, 5) is 0. The molecular formula is C12H14F3N5O. The zero-order valence-electron chi connectivity index (χ0n) is 11.3. The zero-order chi connectivity index (χ0) is 15.5. The first kappa shape index (κ1) is 15.1. The van der Waals surface area contributed by atoms with Gasteiger partial charge >= 0.3 is 6.18 Å². The summed E-state index contributed by atoms with van der Waals surface area (Å²) >= 11 is 0. The average Bonchev–Trinajstić information content (AvgIpc) is 2.86. The number of aryl methyl sites for hydroxylation is 1. The van der Waals surface area contributed by atoms with E-state index in [0.29, 0.717) is 22.8 Å². The Labute approximate surface area is 118 Å². The Balaban J connectivity index is 2.20. The van der Waals surface area contributed by atoms with E-state index in [4.69, 9.17) is 10.5 Å². The predicted octanol–water partition coefficient (Wildman–Crippen LogP) is 2.27. The van der Waals surface area contributed by atoms with Crippen molar-refractivity contribution >= 4 is 5.69 Å². The molecular weight excluding hydrogens is 287 g/mol. The van der Waals surface area contributed by atoms with E-state index in [1.165, 1.54) is 11.8 Å². The molecule has 0 radical (unpaired) electrons. The summed E-state index contributed by atoms with van der Waals surface area (Å²) < 4.78 is 42.9. The van der Waals surface area contributed by atoms with E-state index in [-0.39, 0.29) is 13.0 Å². The number of ether oxygens (including phenoxy) is 1. The number of benzene rings is 1. The van der Waals surface area contributed by atoms with Crippen molar-refractivity contribution in [1.29, 1.82) is 0 Å². The first-order valence-corrected chi connectivity index (χ1v) is 6.17. The van der Waals surface area contributed by atoms with Gasteiger partial charge in [0.15, 0.2) is 5.82 Å². The van der Waals surface area contributed by atoms with Gasteiger partial charge in [0.2, 0.25) is 0 Å². The monoisotopic (exact) mass is 301 g/mol. The molecule has 6 nitrogen and oxygen atoms in total. The molecule has 0 spiro atoms. The largest absolute Gasteiger partial charge is 0.497 e. The lowest BCUT2D eigenvalue weighted by molar-refractivity contribution is -0.136. The van der Waals surface area contributed by atoms with Crippen molar-refractivity contribution in [3.63, 3.8) is 0 Å². The van der Waals surface area contributed by atoms with Gasteiger partial charge in [0.25, 0.3) is 0 Å². The van der Waals surface area contributed by atoms with Crippen molar-refractivity contribution in [3.05, 3.63) is 18.2 Å². The summed E-state index contributed by atoms with van der Waals surface area (Å²) in [5, 5.41) is 11.0. The van der Waals surface area contributed by atoms with E-state index < -0.39 is 12.6 Å². The van der Waals surface area contributed by atoms with Gasteiger partial charge in [0.1, 0.15) is 5.75 Å². The molecule has 0 saturated heterocycles. The maximum Gasteiger partial charge on any atom is 0.389 e. The molecule has 0 unspecified atom stereocenters. The highest BCUT2D eigenvalue weighted by atomic mass is 19.4. The summed E-state index contributed by atoms with van der Waals surface area (Å²) in [6.45, 7) is 0.0541. The number of alkyl halides is 3. The molecule has 0 saturated carbocycles. The normalized spacial score (nSPS) is 11.6. The Kier molecular flexibility index (Phi) is 4.29. The number of halogens is 3. The second-order valence-corrected chi connectivity index (χ2v) is 4.40. The molecule has 0 fully saturated rings. The second-order valence-electron chi connectivity index (χ2n) is 4.40. The van der Waals surface area contributed by atoms with Crippen LogP contribution in [0.2, 0.25) is 0 Å². The molecule has 0 aliphatic heterocycles. The number of nitrogens with zero attached hydrogens (tertiary/aromatic N) is 4. The van der Waals surface area contributed by atoms with Crippen LogP contribution in [-0.2, 0) is 6.54 Å². The summed E-state index contributed by atoms with van der Waals surface area (Å²) in [7, 11) is 1.50. The molecule has 9 heteroatoms. The van der Waals surface area contributed by atoms with Crippen LogP contribution >= 0.6 is 0 Å². The van der Waals surface area contributed by atoms with Gasteiger partial charge in [-0.1, -0.05) is 0 Å². The van der Waals surface area contributed by atoms with Crippen LogP contribution in [0.25, 0.3) is 11.4 Å². The molecule has 1 aromatic carbocycles. The van der Waals surface area contributed by atoms with Crippen LogP contribution in [0.1, 0.15) is 12.8 Å². The lowest BCUT2D eigenvalue weighted by Gasteiger charge is -2.09. The molecule has 0 atom stereocenters. The van der Waals surface area contributed by atoms with E-state index in [0.717, 1.165) is 0 Å². The summed E-state index contributed by atoms with van der Waals surface area (Å²) in [6, 6.07) is 4.95. The smallest absolute Gasteiger partial charge is 0.389 e. The highest BCUT2D eigenvalue weighted by Gasteiger charge is 2.26. The van der Waals surface area contributed by atoms with Crippen LogP contribution in [0.15, 0.2) is 18.2 Å². The fourth-order valence-electron chi connectivity index (χ4n) is 1.83. The van der Waals surface area contributed by atoms with Crippen LogP contribution < -0.4 is 10.5 Å². The molecule has 21 heavy (non-hydrogen) atoms. The lowest BCUT2D eigenvalue weighted by Crippen LogP contribution is -2.11. The number of tetrazole rings is 1. The van der Waals surface area contributed by atoms with Crippen molar-refractivity contribution in [3.8, 4) is 17.1 Å². The Morgan fingerprint density at radius 3 is 2.76 bits per heavy atom. The van der Waals surface area contributed by atoms with Gasteiger partial charge in [-0.25, -0.2) is 4.68 Å².